The summed E-state index contributed by atoms with van der Waals surface area (Å²) < 4.78 is 26.6. The number of nitrogens with zero attached hydrogens (tertiary/aromatic N) is 2. The quantitative estimate of drug-likeness (QED) is 0.935. The molecule has 1 aromatic carbocycles. The third-order valence-electron chi connectivity index (χ3n) is 4.31. The summed E-state index contributed by atoms with van der Waals surface area (Å²) in [4.78, 5) is 6.88. The van der Waals surface area contributed by atoms with Crippen LogP contribution in [-0.2, 0) is 13.0 Å². The Kier molecular flexibility index (Phi) is 4.40. The van der Waals surface area contributed by atoms with Crippen LogP contribution < -0.4 is 0 Å². The molecule has 0 bridgehead atoms. The maximum atomic E-state index is 13.5. The van der Waals surface area contributed by atoms with Crippen molar-refractivity contribution in [2.75, 3.05) is 13.1 Å². The summed E-state index contributed by atoms with van der Waals surface area (Å²) >= 11 is 0. The number of benzene rings is 1. The lowest BCUT2D eigenvalue weighted by Gasteiger charge is -2.33. The normalized spacial score (nSPS) is 15.4. The lowest BCUT2D eigenvalue weighted by Crippen LogP contribution is -2.41. The van der Waals surface area contributed by atoms with Crippen molar-refractivity contribution < 1.29 is 13.9 Å². The number of aliphatic hydroxyl groups is 1. The summed E-state index contributed by atoms with van der Waals surface area (Å²) in [6.07, 6.45) is 0.782. The minimum atomic E-state index is -0.860. The highest BCUT2D eigenvalue weighted by Crippen LogP contribution is 2.27. The van der Waals surface area contributed by atoms with Crippen LogP contribution in [0.5, 0.6) is 0 Å². The van der Waals surface area contributed by atoms with Gasteiger partial charge in [-0.05, 0) is 56.2 Å². The van der Waals surface area contributed by atoms with Gasteiger partial charge in [-0.3, -0.25) is 9.88 Å². The molecule has 0 spiro atoms. The van der Waals surface area contributed by atoms with Crippen LogP contribution in [0.25, 0.3) is 11.3 Å². The van der Waals surface area contributed by atoms with Crippen LogP contribution in [0, 0.1) is 18.6 Å². The van der Waals surface area contributed by atoms with Gasteiger partial charge < -0.3 is 5.11 Å². The molecule has 0 unspecified atom stereocenters. The molecule has 5 heteroatoms. The largest absolute Gasteiger partial charge is 0.389 e. The van der Waals surface area contributed by atoms with E-state index in [1.54, 1.807) is 19.9 Å². The van der Waals surface area contributed by atoms with E-state index in [9.17, 15) is 13.9 Å². The first-order valence-corrected chi connectivity index (χ1v) is 8.12. The number of rotatable bonds is 3. The van der Waals surface area contributed by atoms with Gasteiger partial charge in [-0.2, -0.15) is 0 Å². The Balaban J connectivity index is 1.90. The van der Waals surface area contributed by atoms with Crippen molar-refractivity contribution in [3.8, 4) is 11.3 Å². The fourth-order valence-corrected chi connectivity index (χ4v) is 3.24. The van der Waals surface area contributed by atoms with Crippen LogP contribution in [0.1, 0.15) is 30.7 Å². The van der Waals surface area contributed by atoms with Crippen molar-refractivity contribution >= 4 is 0 Å². The first kappa shape index (κ1) is 17.0. The fourth-order valence-electron chi connectivity index (χ4n) is 3.24. The van der Waals surface area contributed by atoms with Crippen LogP contribution in [0.4, 0.5) is 8.78 Å². The van der Waals surface area contributed by atoms with E-state index < -0.39 is 17.2 Å². The molecule has 0 saturated carbocycles. The van der Waals surface area contributed by atoms with Crippen LogP contribution >= 0.6 is 0 Å². The summed E-state index contributed by atoms with van der Waals surface area (Å²) in [7, 11) is 0. The zero-order valence-corrected chi connectivity index (χ0v) is 14.2. The second-order valence-corrected chi connectivity index (χ2v) is 7.15. The summed E-state index contributed by atoms with van der Waals surface area (Å²) in [5.74, 6) is -1.71. The van der Waals surface area contributed by atoms with Gasteiger partial charge in [-0.15, -0.1) is 0 Å². The molecule has 0 radical (unpaired) electrons. The Labute approximate surface area is 141 Å². The molecule has 1 N–H and O–H groups in total. The van der Waals surface area contributed by atoms with Crippen LogP contribution in [0.2, 0.25) is 0 Å². The summed E-state index contributed by atoms with van der Waals surface area (Å²) in [5.41, 5.74) is 3.77. The van der Waals surface area contributed by atoms with E-state index in [4.69, 9.17) is 0 Å². The van der Waals surface area contributed by atoms with E-state index in [0.29, 0.717) is 17.8 Å². The predicted molar refractivity (Wildman–Crippen MR) is 89.6 cm³/mol. The van der Waals surface area contributed by atoms with Gasteiger partial charge >= 0.3 is 0 Å². The smallest absolute Gasteiger partial charge is 0.159 e. The monoisotopic (exact) mass is 332 g/mol. The van der Waals surface area contributed by atoms with E-state index in [1.807, 2.05) is 13.0 Å². The molecule has 3 nitrogen and oxygen atoms in total. The molecular formula is C19H22F2N2O. The molecule has 1 aliphatic rings. The Morgan fingerprint density at radius 3 is 2.62 bits per heavy atom. The summed E-state index contributed by atoms with van der Waals surface area (Å²) in [6.45, 7) is 7.80. The molecule has 1 aromatic heterocycles. The van der Waals surface area contributed by atoms with Gasteiger partial charge in [0.2, 0.25) is 0 Å². The molecule has 24 heavy (non-hydrogen) atoms. The first-order valence-electron chi connectivity index (χ1n) is 8.12. The van der Waals surface area contributed by atoms with Crippen molar-refractivity contribution in [2.45, 2.75) is 39.3 Å². The maximum absolute atomic E-state index is 13.5. The second kappa shape index (κ2) is 6.22. The number of fused-ring (bicyclic) bond motifs is 1. The number of β-amino-alcohol motifs (C(OH)–C–C–N with tert-alkyl or cyclic N) is 1. The maximum Gasteiger partial charge on any atom is 0.159 e. The molecule has 0 fully saturated rings. The van der Waals surface area contributed by atoms with E-state index in [-0.39, 0.29) is 0 Å². The number of pyridine rings is 1. The molecule has 0 saturated heterocycles. The van der Waals surface area contributed by atoms with Crippen LogP contribution in [-0.4, -0.2) is 33.7 Å². The highest BCUT2D eigenvalue weighted by molar-refractivity contribution is 5.61. The van der Waals surface area contributed by atoms with Gasteiger partial charge in [0, 0.05) is 37.3 Å². The van der Waals surface area contributed by atoms with Crippen LogP contribution in [0.3, 0.4) is 0 Å². The number of hydrogen-bond acceptors (Lipinski definition) is 3. The highest BCUT2D eigenvalue weighted by Gasteiger charge is 2.24. The van der Waals surface area contributed by atoms with E-state index >= 15 is 0 Å². The third-order valence-corrected chi connectivity index (χ3v) is 4.31. The van der Waals surface area contributed by atoms with E-state index in [0.717, 1.165) is 42.4 Å². The fraction of sp³-hybridized carbons (Fsp3) is 0.421. The zero-order chi connectivity index (χ0) is 17.5. The molecule has 1 aliphatic heterocycles. The average molecular weight is 332 g/mol. The van der Waals surface area contributed by atoms with Crippen molar-refractivity contribution in [1.82, 2.24) is 9.88 Å². The van der Waals surface area contributed by atoms with Crippen molar-refractivity contribution in [2.24, 2.45) is 0 Å². The van der Waals surface area contributed by atoms with Gasteiger partial charge in [0.15, 0.2) is 11.6 Å². The molecule has 3 rings (SSSR count). The molecule has 0 atom stereocenters. The molecule has 2 heterocycles. The lowest BCUT2D eigenvalue weighted by atomic mass is 9.97. The van der Waals surface area contributed by atoms with Crippen molar-refractivity contribution in [1.29, 1.82) is 0 Å². The van der Waals surface area contributed by atoms with E-state index in [2.05, 4.69) is 9.88 Å². The Hall–Kier alpha value is -1.85. The van der Waals surface area contributed by atoms with Gasteiger partial charge in [-0.1, -0.05) is 0 Å². The first-order chi connectivity index (χ1) is 11.2. The number of halogens is 2. The molecule has 128 valence electrons. The van der Waals surface area contributed by atoms with Crippen LogP contribution in [0.15, 0.2) is 24.3 Å². The topological polar surface area (TPSA) is 36.4 Å². The Bertz CT molecular complexity index is 769. The minimum Gasteiger partial charge on any atom is -0.389 e. The van der Waals surface area contributed by atoms with Crippen molar-refractivity contribution in [3.63, 3.8) is 0 Å². The summed E-state index contributed by atoms with van der Waals surface area (Å²) in [6, 6.07) is 5.79. The SMILES string of the molecule is Cc1cc(-c2ccc(F)c(F)c2)nc2c1CN(CC(C)(C)O)CC2. The third kappa shape index (κ3) is 3.62. The van der Waals surface area contributed by atoms with Crippen molar-refractivity contribution in [3.05, 3.63) is 52.7 Å². The minimum absolute atomic E-state index is 0.582. The molecule has 0 aliphatic carbocycles. The number of aryl methyl sites for hydroxylation is 1. The second-order valence-electron chi connectivity index (χ2n) is 7.15. The predicted octanol–water partition coefficient (Wildman–Crippen LogP) is 3.46. The van der Waals surface area contributed by atoms with Gasteiger partial charge in [0.1, 0.15) is 0 Å². The lowest BCUT2D eigenvalue weighted by molar-refractivity contribution is 0.0314. The van der Waals surface area contributed by atoms with Gasteiger partial charge in [0.05, 0.1) is 11.3 Å². The van der Waals surface area contributed by atoms with Gasteiger partial charge in [0.25, 0.3) is 0 Å². The van der Waals surface area contributed by atoms with Gasteiger partial charge in [-0.25, -0.2) is 8.78 Å². The Morgan fingerprint density at radius 1 is 1.21 bits per heavy atom. The zero-order valence-electron chi connectivity index (χ0n) is 14.2. The molecule has 2 aromatic rings. The summed E-state index contributed by atoms with van der Waals surface area (Å²) in [5, 5.41) is 10.0. The highest BCUT2D eigenvalue weighted by atomic mass is 19.2. The number of hydrogen-bond donors (Lipinski definition) is 1. The Morgan fingerprint density at radius 2 is 1.96 bits per heavy atom. The average Bonchev–Trinajstić information content (AvgIpc) is 2.49. The number of aromatic nitrogens is 1. The standard InChI is InChI=1S/C19H22F2N2O/c1-12-8-18(13-4-5-15(20)16(21)9-13)22-17-6-7-23(10-14(12)17)11-19(2,3)24/h4-5,8-9,24H,6-7,10-11H2,1-3H3. The molecular weight excluding hydrogens is 310 g/mol. The van der Waals surface area contributed by atoms with E-state index in [1.165, 1.54) is 6.07 Å². The molecule has 0 amide bonds.